The van der Waals surface area contributed by atoms with Crippen molar-refractivity contribution in [1.82, 2.24) is 15.0 Å². The molecule has 4 aromatic rings. The van der Waals surface area contributed by atoms with E-state index in [1.807, 2.05) is 42.5 Å². The van der Waals surface area contributed by atoms with Crippen molar-refractivity contribution < 1.29 is 4.79 Å². The Morgan fingerprint density at radius 3 is 2.67 bits per heavy atom. The molecule has 3 heterocycles. The highest BCUT2D eigenvalue weighted by molar-refractivity contribution is 7.98. The van der Waals surface area contributed by atoms with Crippen LogP contribution in [-0.2, 0) is 5.75 Å². The molecule has 0 atom stereocenters. The van der Waals surface area contributed by atoms with E-state index in [4.69, 9.17) is 0 Å². The van der Waals surface area contributed by atoms with E-state index < -0.39 is 0 Å². The van der Waals surface area contributed by atoms with Gasteiger partial charge in [0.2, 0.25) is 0 Å². The molecule has 0 aliphatic rings. The maximum absolute atomic E-state index is 12.8. The molecule has 132 valence electrons. The van der Waals surface area contributed by atoms with Crippen LogP contribution in [0.3, 0.4) is 0 Å². The highest BCUT2D eigenvalue weighted by atomic mass is 32.2. The fourth-order valence-corrected chi connectivity index (χ4v) is 3.58. The standard InChI is InChI=1S/C21H16N4OS/c26-20(25-19-8-7-16-4-1-2-6-18(16)24-19)17-5-3-11-23-21(17)27-14-15-9-12-22-13-10-15/h1-13H,14H2,(H,24,25,26). The molecule has 0 radical (unpaired) electrons. The lowest BCUT2D eigenvalue weighted by molar-refractivity contribution is 0.102. The summed E-state index contributed by atoms with van der Waals surface area (Å²) in [5, 5.41) is 4.60. The Balaban J connectivity index is 1.52. The second kappa shape index (κ2) is 7.97. The van der Waals surface area contributed by atoms with Crippen LogP contribution in [0, 0.1) is 0 Å². The molecule has 1 amide bonds. The van der Waals surface area contributed by atoms with Crippen molar-refractivity contribution in [3.05, 3.63) is 90.4 Å². The number of nitrogens with zero attached hydrogens (tertiary/aromatic N) is 3. The Kier molecular flexibility index (Phi) is 5.07. The molecule has 0 saturated carbocycles. The molecule has 1 N–H and O–H groups in total. The molecule has 0 fully saturated rings. The molecule has 0 bridgehead atoms. The minimum atomic E-state index is -0.219. The average Bonchev–Trinajstić information content (AvgIpc) is 2.73. The number of amides is 1. The van der Waals surface area contributed by atoms with Gasteiger partial charge >= 0.3 is 0 Å². The SMILES string of the molecule is O=C(Nc1ccc2ccccc2n1)c1cccnc1SCc1ccncc1. The number of rotatable bonds is 5. The zero-order valence-electron chi connectivity index (χ0n) is 14.4. The van der Waals surface area contributed by atoms with Crippen LogP contribution in [0.1, 0.15) is 15.9 Å². The summed E-state index contributed by atoms with van der Waals surface area (Å²) in [4.78, 5) is 25.7. The molecule has 0 saturated heterocycles. The molecule has 0 spiro atoms. The Morgan fingerprint density at radius 2 is 1.78 bits per heavy atom. The van der Waals surface area contributed by atoms with E-state index in [0.29, 0.717) is 22.2 Å². The molecule has 4 rings (SSSR count). The normalized spacial score (nSPS) is 10.7. The third-order valence-electron chi connectivity index (χ3n) is 3.98. The summed E-state index contributed by atoms with van der Waals surface area (Å²) in [5.74, 6) is 1.02. The number of aromatic nitrogens is 3. The molecule has 5 nitrogen and oxygen atoms in total. The molecular formula is C21H16N4OS. The number of hydrogen-bond acceptors (Lipinski definition) is 5. The zero-order valence-corrected chi connectivity index (χ0v) is 15.2. The maximum Gasteiger partial charge on any atom is 0.259 e. The monoisotopic (exact) mass is 372 g/mol. The number of pyridine rings is 3. The van der Waals surface area contributed by atoms with Gasteiger partial charge in [-0.05, 0) is 48.0 Å². The van der Waals surface area contributed by atoms with Gasteiger partial charge in [0.15, 0.2) is 0 Å². The predicted molar refractivity (Wildman–Crippen MR) is 108 cm³/mol. The number of thioether (sulfide) groups is 1. The number of hydrogen-bond donors (Lipinski definition) is 1. The summed E-state index contributed by atoms with van der Waals surface area (Å²) in [6, 6.07) is 19.0. The first-order chi connectivity index (χ1) is 13.3. The highest BCUT2D eigenvalue weighted by Crippen LogP contribution is 2.25. The van der Waals surface area contributed by atoms with Crippen molar-refractivity contribution in [2.24, 2.45) is 0 Å². The van der Waals surface area contributed by atoms with Crippen LogP contribution in [0.2, 0.25) is 0 Å². The Morgan fingerprint density at radius 1 is 0.926 bits per heavy atom. The lowest BCUT2D eigenvalue weighted by Gasteiger charge is -2.09. The topological polar surface area (TPSA) is 67.8 Å². The summed E-state index contributed by atoms with van der Waals surface area (Å²) < 4.78 is 0. The number of carbonyl (C=O) groups is 1. The largest absolute Gasteiger partial charge is 0.306 e. The van der Waals surface area contributed by atoms with E-state index in [0.717, 1.165) is 16.5 Å². The van der Waals surface area contributed by atoms with Crippen LogP contribution in [-0.4, -0.2) is 20.9 Å². The third kappa shape index (κ3) is 4.12. The third-order valence-corrected chi connectivity index (χ3v) is 5.06. The number of para-hydroxylation sites is 1. The van der Waals surface area contributed by atoms with E-state index in [-0.39, 0.29) is 5.91 Å². The highest BCUT2D eigenvalue weighted by Gasteiger charge is 2.14. The van der Waals surface area contributed by atoms with Gasteiger partial charge in [0.1, 0.15) is 10.8 Å². The fourth-order valence-electron chi connectivity index (χ4n) is 2.63. The van der Waals surface area contributed by atoms with Gasteiger partial charge in [0.25, 0.3) is 5.91 Å². The van der Waals surface area contributed by atoms with Gasteiger partial charge in [0.05, 0.1) is 11.1 Å². The van der Waals surface area contributed by atoms with E-state index in [9.17, 15) is 4.79 Å². The smallest absolute Gasteiger partial charge is 0.259 e. The zero-order chi connectivity index (χ0) is 18.5. The molecule has 0 aliphatic heterocycles. The molecule has 0 unspecified atom stereocenters. The summed E-state index contributed by atoms with van der Waals surface area (Å²) in [6.07, 6.45) is 5.21. The van der Waals surface area contributed by atoms with Gasteiger partial charge in [-0.25, -0.2) is 9.97 Å². The van der Waals surface area contributed by atoms with Gasteiger partial charge in [-0.1, -0.05) is 18.2 Å². The van der Waals surface area contributed by atoms with Crippen LogP contribution in [0.15, 0.2) is 84.3 Å². The van der Waals surface area contributed by atoms with Gasteiger partial charge in [-0.2, -0.15) is 0 Å². The van der Waals surface area contributed by atoms with Crippen molar-refractivity contribution >= 4 is 34.4 Å². The lowest BCUT2D eigenvalue weighted by Crippen LogP contribution is -2.14. The summed E-state index contributed by atoms with van der Waals surface area (Å²) >= 11 is 1.52. The number of anilines is 1. The van der Waals surface area contributed by atoms with Crippen molar-refractivity contribution in [1.29, 1.82) is 0 Å². The van der Waals surface area contributed by atoms with Gasteiger partial charge in [-0.15, -0.1) is 11.8 Å². The molecular weight excluding hydrogens is 356 g/mol. The number of nitrogens with one attached hydrogen (secondary N) is 1. The fraction of sp³-hybridized carbons (Fsp3) is 0.0476. The summed E-state index contributed by atoms with van der Waals surface area (Å²) in [7, 11) is 0. The minimum absolute atomic E-state index is 0.219. The lowest BCUT2D eigenvalue weighted by atomic mass is 10.2. The summed E-state index contributed by atoms with van der Waals surface area (Å²) in [5.41, 5.74) is 2.50. The van der Waals surface area contributed by atoms with Gasteiger partial charge in [-0.3, -0.25) is 9.78 Å². The Hall–Kier alpha value is -3.25. The van der Waals surface area contributed by atoms with Crippen LogP contribution < -0.4 is 5.32 Å². The molecule has 1 aromatic carbocycles. The quantitative estimate of drug-likeness (QED) is 0.520. The van der Waals surface area contributed by atoms with Crippen LogP contribution >= 0.6 is 11.8 Å². The van der Waals surface area contributed by atoms with Crippen LogP contribution in [0.25, 0.3) is 10.9 Å². The van der Waals surface area contributed by atoms with E-state index >= 15 is 0 Å². The molecule has 6 heteroatoms. The van der Waals surface area contributed by atoms with Crippen LogP contribution in [0.4, 0.5) is 5.82 Å². The molecule has 27 heavy (non-hydrogen) atoms. The van der Waals surface area contributed by atoms with E-state index in [1.165, 1.54) is 11.8 Å². The predicted octanol–water partition coefficient (Wildman–Crippen LogP) is 4.57. The van der Waals surface area contributed by atoms with Crippen molar-refractivity contribution in [2.45, 2.75) is 10.8 Å². The van der Waals surface area contributed by atoms with Gasteiger partial charge in [0, 0.05) is 29.7 Å². The van der Waals surface area contributed by atoms with E-state index in [1.54, 1.807) is 36.8 Å². The number of carbonyl (C=O) groups excluding carboxylic acids is 1. The number of benzene rings is 1. The van der Waals surface area contributed by atoms with Crippen molar-refractivity contribution in [3.63, 3.8) is 0 Å². The molecule has 0 aliphatic carbocycles. The van der Waals surface area contributed by atoms with Crippen LogP contribution in [0.5, 0.6) is 0 Å². The maximum atomic E-state index is 12.8. The van der Waals surface area contributed by atoms with Gasteiger partial charge < -0.3 is 5.32 Å². The second-order valence-corrected chi connectivity index (χ2v) is 6.81. The van der Waals surface area contributed by atoms with Crippen molar-refractivity contribution in [3.8, 4) is 0 Å². The first-order valence-corrected chi connectivity index (χ1v) is 9.42. The average molecular weight is 372 g/mol. The molecule has 3 aromatic heterocycles. The Labute approximate surface area is 160 Å². The van der Waals surface area contributed by atoms with E-state index in [2.05, 4.69) is 20.3 Å². The second-order valence-electron chi connectivity index (χ2n) is 5.84. The summed E-state index contributed by atoms with van der Waals surface area (Å²) in [6.45, 7) is 0. The number of fused-ring (bicyclic) bond motifs is 1. The first kappa shape index (κ1) is 17.2. The first-order valence-electron chi connectivity index (χ1n) is 8.43. The Bertz CT molecular complexity index is 1090. The minimum Gasteiger partial charge on any atom is -0.306 e. The van der Waals surface area contributed by atoms with Crippen molar-refractivity contribution in [2.75, 3.05) is 5.32 Å².